The van der Waals surface area contributed by atoms with E-state index >= 15 is 0 Å². The van der Waals surface area contributed by atoms with Crippen molar-refractivity contribution in [3.8, 4) is 0 Å². The van der Waals surface area contributed by atoms with Gasteiger partial charge in [-0.3, -0.25) is 4.79 Å². The summed E-state index contributed by atoms with van der Waals surface area (Å²) < 4.78 is 5.31. The summed E-state index contributed by atoms with van der Waals surface area (Å²) in [5, 5.41) is 2.29. The van der Waals surface area contributed by atoms with Crippen molar-refractivity contribution in [2.75, 3.05) is 6.61 Å². The molecular weight excluding hydrogens is 238 g/mol. The Kier molecular flexibility index (Phi) is 2.23. The number of para-hydroxylation sites is 1. The van der Waals surface area contributed by atoms with Crippen molar-refractivity contribution in [2.45, 2.75) is 12.5 Å². The molecule has 4 rings (SSSR count). The van der Waals surface area contributed by atoms with Gasteiger partial charge in [-0.25, -0.2) is 0 Å². The van der Waals surface area contributed by atoms with Crippen LogP contribution in [0.2, 0.25) is 0 Å². The van der Waals surface area contributed by atoms with Gasteiger partial charge in [0.15, 0.2) is 0 Å². The fourth-order valence-corrected chi connectivity index (χ4v) is 2.71. The first kappa shape index (κ1) is 10.8. The second kappa shape index (κ2) is 3.93. The van der Waals surface area contributed by atoms with E-state index in [1.165, 1.54) is 10.9 Å². The lowest BCUT2D eigenvalue weighted by Gasteiger charge is -2.03. The lowest BCUT2D eigenvalue weighted by Crippen LogP contribution is -1.96. The number of ether oxygens (including phenoxy) is 1. The molecule has 1 aliphatic rings. The maximum Gasteiger partial charge on any atom is 0.150 e. The maximum atomic E-state index is 11.1. The van der Waals surface area contributed by atoms with Gasteiger partial charge in [0.1, 0.15) is 6.29 Å². The Hall–Kier alpha value is -2.13. The van der Waals surface area contributed by atoms with Gasteiger partial charge in [-0.05, 0) is 23.8 Å². The molecule has 1 atom stereocenters. The number of aromatic nitrogens is 1. The Balaban J connectivity index is 2.04. The van der Waals surface area contributed by atoms with Crippen LogP contribution in [0.4, 0.5) is 0 Å². The summed E-state index contributed by atoms with van der Waals surface area (Å²) in [5.74, 6) is 0. The first-order valence-electron chi connectivity index (χ1n) is 6.45. The van der Waals surface area contributed by atoms with Crippen LogP contribution in [0.1, 0.15) is 15.9 Å². The summed E-state index contributed by atoms with van der Waals surface area (Å²) in [6, 6.07) is 12.1. The molecule has 19 heavy (non-hydrogen) atoms. The molecule has 0 radical (unpaired) electrons. The Morgan fingerprint density at radius 1 is 1.26 bits per heavy atom. The summed E-state index contributed by atoms with van der Waals surface area (Å²) in [5.41, 5.74) is 4.13. The van der Waals surface area contributed by atoms with Gasteiger partial charge in [0.05, 0.1) is 12.7 Å². The lowest BCUT2D eigenvalue weighted by molar-refractivity contribution is 0.112. The summed E-state index contributed by atoms with van der Waals surface area (Å²) in [7, 11) is 0. The fraction of sp³-hybridized carbons (Fsp3) is 0.188. The van der Waals surface area contributed by atoms with E-state index in [1.54, 1.807) is 0 Å². The van der Waals surface area contributed by atoms with Crippen LogP contribution in [0, 0.1) is 0 Å². The fourth-order valence-electron chi connectivity index (χ4n) is 2.71. The molecule has 94 valence electrons. The van der Waals surface area contributed by atoms with Gasteiger partial charge in [-0.1, -0.05) is 18.2 Å². The SMILES string of the molecule is O=Cc1cc(CC2CO2)c2[nH]c3ccccc3c2c1. The van der Waals surface area contributed by atoms with Gasteiger partial charge in [0, 0.05) is 33.8 Å². The molecule has 1 fully saturated rings. The average Bonchev–Trinajstić information content (AvgIpc) is 3.17. The molecule has 0 saturated carbocycles. The van der Waals surface area contributed by atoms with Crippen LogP contribution >= 0.6 is 0 Å². The molecular formula is C16H13NO2. The number of carbonyl (C=O) groups excluding carboxylic acids is 1. The number of rotatable bonds is 3. The maximum absolute atomic E-state index is 11.1. The van der Waals surface area contributed by atoms with Crippen molar-refractivity contribution in [3.05, 3.63) is 47.5 Å². The van der Waals surface area contributed by atoms with E-state index in [4.69, 9.17) is 4.74 Å². The van der Waals surface area contributed by atoms with Crippen LogP contribution in [-0.4, -0.2) is 24.0 Å². The van der Waals surface area contributed by atoms with Crippen molar-refractivity contribution in [2.24, 2.45) is 0 Å². The Labute approximate surface area is 110 Å². The number of fused-ring (bicyclic) bond motifs is 3. The van der Waals surface area contributed by atoms with E-state index in [2.05, 4.69) is 17.1 Å². The number of benzene rings is 2. The molecule has 0 spiro atoms. The van der Waals surface area contributed by atoms with Gasteiger partial charge < -0.3 is 9.72 Å². The minimum absolute atomic E-state index is 0.316. The molecule has 3 heteroatoms. The molecule has 2 heterocycles. The van der Waals surface area contributed by atoms with Crippen LogP contribution < -0.4 is 0 Å². The first-order valence-corrected chi connectivity index (χ1v) is 6.45. The largest absolute Gasteiger partial charge is 0.373 e. The van der Waals surface area contributed by atoms with Crippen molar-refractivity contribution >= 4 is 28.1 Å². The zero-order chi connectivity index (χ0) is 12.8. The molecule has 1 aromatic heterocycles. The molecule has 0 bridgehead atoms. The van der Waals surface area contributed by atoms with Crippen LogP contribution in [0.15, 0.2) is 36.4 Å². The summed E-state index contributed by atoms with van der Waals surface area (Å²) in [6.45, 7) is 0.826. The summed E-state index contributed by atoms with van der Waals surface area (Å²) >= 11 is 0. The predicted molar refractivity (Wildman–Crippen MR) is 74.6 cm³/mol. The molecule has 3 aromatic rings. The highest BCUT2D eigenvalue weighted by Crippen LogP contribution is 2.30. The monoisotopic (exact) mass is 251 g/mol. The topological polar surface area (TPSA) is 45.4 Å². The quantitative estimate of drug-likeness (QED) is 0.574. The van der Waals surface area contributed by atoms with Gasteiger partial charge in [-0.2, -0.15) is 0 Å². The van der Waals surface area contributed by atoms with Gasteiger partial charge in [0.2, 0.25) is 0 Å². The number of hydrogen-bond donors (Lipinski definition) is 1. The standard InChI is InChI=1S/C16H13NO2/c18-8-10-5-11(7-12-9-19-12)16-14(6-10)13-3-1-2-4-15(13)17-16/h1-6,8,12,17H,7,9H2. The molecule has 1 aliphatic heterocycles. The van der Waals surface area contributed by atoms with Crippen LogP contribution in [-0.2, 0) is 11.2 Å². The molecule has 0 amide bonds. The second-order valence-corrected chi connectivity index (χ2v) is 5.05. The van der Waals surface area contributed by atoms with Gasteiger partial charge in [0.25, 0.3) is 0 Å². The zero-order valence-electron chi connectivity index (χ0n) is 10.3. The highest BCUT2D eigenvalue weighted by Gasteiger charge is 2.24. The molecule has 3 nitrogen and oxygen atoms in total. The van der Waals surface area contributed by atoms with Gasteiger partial charge in [-0.15, -0.1) is 0 Å². The van der Waals surface area contributed by atoms with E-state index in [0.717, 1.165) is 41.3 Å². The molecule has 2 aromatic carbocycles. The highest BCUT2D eigenvalue weighted by molar-refractivity contribution is 6.09. The number of nitrogens with one attached hydrogen (secondary N) is 1. The van der Waals surface area contributed by atoms with E-state index in [1.807, 2.05) is 24.3 Å². The van der Waals surface area contributed by atoms with Crippen LogP contribution in [0.25, 0.3) is 21.8 Å². The van der Waals surface area contributed by atoms with Crippen LogP contribution in [0.5, 0.6) is 0 Å². The molecule has 1 unspecified atom stereocenters. The summed E-state index contributed by atoms with van der Waals surface area (Å²) in [4.78, 5) is 14.6. The van der Waals surface area contributed by atoms with E-state index in [0.29, 0.717) is 6.10 Å². The number of hydrogen-bond acceptors (Lipinski definition) is 2. The van der Waals surface area contributed by atoms with Crippen molar-refractivity contribution in [1.29, 1.82) is 0 Å². The minimum Gasteiger partial charge on any atom is -0.373 e. The Morgan fingerprint density at radius 3 is 2.89 bits per heavy atom. The highest BCUT2D eigenvalue weighted by atomic mass is 16.6. The third-order valence-electron chi connectivity index (χ3n) is 3.71. The Morgan fingerprint density at radius 2 is 2.11 bits per heavy atom. The third kappa shape index (κ3) is 1.74. The van der Waals surface area contributed by atoms with E-state index < -0.39 is 0 Å². The second-order valence-electron chi connectivity index (χ2n) is 5.05. The summed E-state index contributed by atoms with van der Waals surface area (Å²) in [6.07, 6.45) is 2.10. The van der Waals surface area contributed by atoms with Crippen molar-refractivity contribution in [1.82, 2.24) is 4.98 Å². The third-order valence-corrected chi connectivity index (χ3v) is 3.71. The van der Waals surface area contributed by atoms with E-state index in [-0.39, 0.29) is 0 Å². The Bertz CT molecular complexity index is 784. The molecule has 0 aliphatic carbocycles. The zero-order valence-corrected chi connectivity index (χ0v) is 10.3. The number of H-pyrrole nitrogens is 1. The smallest absolute Gasteiger partial charge is 0.150 e. The normalized spacial score (nSPS) is 18.0. The number of epoxide rings is 1. The predicted octanol–water partition coefficient (Wildman–Crippen LogP) is 3.07. The lowest BCUT2D eigenvalue weighted by atomic mass is 10.0. The molecule has 1 N–H and O–H groups in total. The van der Waals surface area contributed by atoms with Crippen molar-refractivity contribution < 1.29 is 9.53 Å². The minimum atomic E-state index is 0.316. The van der Waals surface area contributed by atoms with E-state index in [9.17, 15) is 4.79 Å². The average molecular weight is 251 g/mol. The number of aldehydes is 1. The van der Waals surface area contributed by atoms with Gasteiger partial charge >= 0.3 is 0 Å². The first-order chi connectivity index (χ1) is 9.35. The van der Waals surface area contributed by atoms with Crippen LogP contribution in [0.3, 0.4) is 0 Å². The van der Waals surface area contributed by atoms with Crippen molar-refractivity contribution in [3.63, 3.8) is 0 Å². The number of aromatic amines is 1. The molecule has 1 saturated heterocycles. The number of carbonyl (C=O) groups is 1.